The quantitative estimate of drug-likeness (QED) is 0.825. The summed E-state index contributed by atoms with van der Waals surface area (Å²) in [5.41, 5.74) is 1.10. The topological polar surface area (TPSA) is 32.3 Å². The smallest absolute Gasteiger partial charge is 0.264 e. The van der Waals surface area contributed by atoms with Crippen molar-refractivity contribution >= 4 is 17.2 Å². The van der Waals surface area contributed by atoms with Gasteiger partial charge in [0.05, 0.1) is 4.88 Å². The average Bonchev–Trinajstić information content (AvgIpc) is 2.84. The molecule has 1 aliphatic heterocycles. The molecule has 0 aromatic carbocycles. The maximum atomic E-state index is 12.1. The fraction of sp³-hybridized carbons (Fsp3) is 0.545. The van der Waals surface area contributed by atoms with Crippen LogP contribution in [0.3, 0.4) is 0 Å². The van der Waals surface area contributed by atoms with Crippen molar-refractivity contribution in [3.63, 3.8) is 0 Å². The maximum absolute atomic E-state index is 12.1. The van der Waals surface area contributed by atoms with Crippen LogP contribution in [0, 0.1) is 6.92 Å². The van der Waals surface area contributed by atoms with Gasteiger partial charge in [0.2, 0.25) is 0 Å². The van der Waals surface area contributed by atoms with Crippen molar-refractivity contribution in [3.05, 3.63) is 21.9 Å². The maximum Gasteiger partial charge on any atom is 0.264 e. The second kappa shape index (κ2) is 4.33. The van der Waals surface area contributed by atoms with Crippen LogP contribution in [0.15, 0.2) is 11.4 Å². The Hall–Kier alpha value is -0.870. The summed E-state index contributed by atoms with van der Waals surface area (Å²) in [5.74, 6) is 0.195. The Bertz CT molecular complexity index is 361. The molecule has 1 aromatic heterocycles. The molecule has 1 atom stereocenters. The molecular weight excluding hydrogens is 208 g/mol. The van der Waals surface area contributed by atoms with Crippen LogP contribution < -0.4 is 5.32 Å². The standard InChI is InChI=1S/C11H16N2OS/c1-8-4-6-15-10(8)11(14)13-5-3-9(7-13)12-2/h4,6,9,12H,3,5,7H2,1-2H3. The van der Waals surface area contributed by atoms with Crippen LogP contribution in [0.25, 0.3) is 0 Å². The summed E-state index contributed by atoms with van der Waals surface area (Å²) >= 11 is 1.54. The summed E-state index contributed by atoms with van der Waals surface area (Å²) in [6, 6.07) is 2.47. The van der Waals surface area contributed by atoms with Crippen molar-refractivity contribution < 1.29 is 4.79 Å². The molecule has 0 aliphatic carbocycles. The molecule has 0 saturated carbocycles. The predicted octanol–water partition coefficient (Wildman–Crippen LogP) is 1.49. The lowest BCUT2D eigenvalue weighted by Crippen LogP contribution is -2.33. The number of aryl methyl sites for hydroxylation is 1. The monoisotopic (exact) mass is 224 g/mol. The van der Waals surface area contributed by atoms with Gasteiger partial charge in [-0.1, -0.05) is 0 Å². The summed E-state index contributed by atoms with van der Waals surface area (Å²) in [7, 11) is 1.95. The fourth-order valence-corrected chi connectivity index (χ4v) is 2.81. The van der Waals surface area contributed by atoms with E-state index in [0.29, 0.717) is 6.04 Å². The zero-order valence-corrected chi connectivity index (χ0v) is 9.93. The third kappa shape index (κ3) is 2.06. The van der Waals surface area contributed by atoms with E-state index in [1.54, 1.807) is 11.3 Å². The number of nitrogens with zero attached hydrogens (tertiary/aromatic N) is 1. The molecule has 1 unspecified atom stereocenters. The number of likely N-dealkylation sites (tertiary alicyclic amines) is 1. The number of hydrogen-bond donors (Lipinski definition) is 1. The van der Waals surface area contributed by atoms with E-state index in [2.05, 4.69) is 5.32 Å². The van der Waals surface area contributed by atoms with E-state index in [0.717, 1.165) is 30.0 Å². The average molecular weight is 224 g/mol. The Balaban J connectivity index is 2.07. The lowest BCUT2D eigenvalue weighted by molar-refractivity contribution is 0.0794. The molecule has 1 aromatic rings. The Morgan fingerprint density at radius 1 is 1.67 bits per heavy atom. The van der Waals surface area contributed by atoms with Crippen LogP contribution in [-0.4, -0.2) is 37.0 Å². The number of hydrogen-bond acceptors (Lipinski definition) is 3. The Morgan fingerprint density at radius 3 is 3.00 bits per heavy atom. The van der Waals surface area contributed by atoms with Gasteiger partial charge < -0.3 is 10.2 Å². The van der Waals surface area contributed by atoms with Crippen LogP contribution in [0.2, 0.25) is 0 Å². The van der Waals surface area contributed by atoms with Gasteiger partial charge in [-0.2, -0.15) is 0 Å². The number of rotatable bonds is 2. The number of thiophene rings is 1. The van der Waals surface area contributed by atoms with E-state index in [1.807, 2.05) is 30.3 Å². The van der Waals surface area contributed by atoms with Crippen molar-refractivity contribution in [2.24, 2.45) is 0 Å². The van der Waals surface area contributed by atoms with Gasteiger partial charge in [-0.3, -0.25) is 4.79 Å². The van der Waals surface area contributed by atoms with Crippen LogP contribution in [0.5, 0.6) is 0 Å². The van der Waals surface area contributed by atoms with E-state index in [4.69, 9.17) is 0 Å². The zero-order chi connectivity index (χ0) is 10.8. The molecular formula is C11H16N2OS. The molecule has 2 heterocycles. The van der Waals surface area contributed by atoms with Crippen LogP contribution in [0.4, 0.5) is 0 Å². The molecule has 3 nitrogen and oxygen atoms in total. The molecule has 15 heavy (non-hydrogen) atoms. The molecule has 1 fully saturated rings. The zero-order valence-electron chi connectivity index (χ0n) is 9.12. The summed E-state index contributed by atoms with van der Waals surface area (Å²) in [5, 5.41) is 5.20. The van der Waals surface area contributed by atoms with E-state index < -0.39 is 0 Å². The van der Waals surface area contributed by atoms with Gasteiger partial charge in [0.15, 0.2) is 0 Å². The second-order valence-corrected chi connectivity index (χ2v) is 4.87. The molecule has 82 valence electrons. The predicted molar refractivity (Wildman–Crippen MR) is 62.4 cm³/mol. The third-order valence-electron chi connectivity index (χ3n) is 2.94. The van der Waals surface area contributed by atoms with Crippen molar-refractivity contribution in [1.82, 2.24) is 10.2 Å². The van der Waals surface area contributed by atoms with Gasteiger partial charge >= 0.3 is 0 Å². The first-order chi connectivity index (χ1) is 7.22. The summed E-state index contributed by atoms with van der Waals surface area (Å²) in [4.78, 5) is 14.9. The number of carbonyl (C=O) groups excluding carboxylic acids is 1. The summed E-state index contributed by atoms with van der Waals surface area (Å²) < 4.78 is 0. The van der Waals surface area contributed by atoms with Crippen molar-refractivity contribution in [2.45, 2.75) is 19.4 Å². The van der Waals surface area contributed by atoms with Crippen LogP contribution >= 0.6 is 11.3 Å². The molecule has 2 rings (SSSR count). The molecule has 4 heteroatoms. The highest BCUT2D eigenvalue weighted by Crippen LogP contribution is 2.20. The van der Waals surface area contributed by atoms with E-state index in [-0.39, 0.29) is 5.91 Å². The molecule has 0 radical (unpaired) electrons. The third-order valence-corrected chi connectivity index (χ3v) is 3.94. The number of amides is 1. The molecule has 1 amide bonds. The van der Waals surface area contributed by atoms with Crippen molar-refractivity contribution in [3.8, 4) is 0 Å². The molecule has 0 bridgehead atoms. The largest absolute Gasteiger partial charge is 0.336 e. The highest BCUT2D eigenvalue weighted by molar-refractivity contribution is 7.12. The fourth-order valence-electron chi connectivity index (χ4n) is 1.92. The van der Waals surface area contributed by atoms with E-state index in [1.165, 1.54) is 0 Å². The minimum atomic E-state index is 0.195. The molecule has 1 N–H and O–H groups in total. The minimum Gasteiger partial charge on any atom is -0.336 e. The molecule has 1 aliphatic rings. The Labute approximate surface area is 94.1 Å². The minimum absolute atomic E-state index is 0.195. The van der Waals surface area contributed by atoms with Crippen molar-refractivity contribution in [2.75, 3.05) is 20.1 Å². The van der Waals surface area contributed by atoms with Gasteiger partial charge in [0.1, 0.15) is 0 Å². The first-order valence-electron chi connectivity index (χ1n) is 5.23. The summed E-state index contributed by atoms with van der Waals surface area (Å²) in [6.07, 6.45) is 1.06. The van der Waals surface area contributed by atoms with Gasteiger partial charge in [-0.15, -0.1) is 11.3 Å². The van der Waals surface area contributed by atoms with Gasteiger partial charge in [0, 0.05) is 19.1 Å². The summed E-state index contributed by atoms with van der Waals surface area (Å²) in [6.45, 7) is 3.71. The molecule has 0 spiro atoms. The number of nitrogens with one attached hydrogen (secondary N) is 1. The lowest BCUT2D eigenvalue weighted by atomic mass is 10.2. The van der Waals surface area contributed by atoms with E-state index >= 15 is 0 Å². The molecule has 1 saturated heterocycles. The lowest BCUT2D eigenvalue weighted by Gasteiger charge is -2.15. The first kappa shape index (κ1) is 10.6. The first-order valence-corrected chi connectivity index (χ1v) is 6.11. The second-order valence-electron chi connectivity index (χ2n) is 3.96. The van der Waals surface area contributed by atoms with Crippen molar-refractivity contribution in [1.29, 1.82) is 0 Å². The highest BCUT2D eigenvalue weighted by atomic mass is 32.1. The van der Waals surface area contributed by atoms with Crippen LogP contribution in [-0.2, 0) is 0 Å². The van der Waals surface area contributed by atoms with Gasteiger partial charge in [-0.05, 0) is 37.4 Å². The van der Waals surface area contributed by atoms with Gasteiger partial charge in [-0.25, -0.2) is 0 Å². The number of likely N-dealkylation sites (N-methyl/N-ethyl adjacent to an activating group) is 1. The number of carbonyl (C=O) groups is 1. The van der Waals surface area contributed by atoms with E-state index in [9.17, 15) is 4.79 Å². The SMILES string of the molecule is CNC1CCN(C(=O)c2sccc2C)C1. The highest BCUT2D eigenvalue weighted by Gasteiger charge is 2.26. The Kier molecular flexibility index (Phi) is 3.07. The van der Waals surface area contributed by atoms with Crippen LogP contribution in [0.1, 0.15) is 21.7 Å². The Morgan fingerprint density at radius 2 is 2.47 bits per heavy atom. The van der Waals surface area contributed by atoms with Gasteiger partial charge in [0.25, 0.3) is 5.91 Å². The normalized spacial score (nSPS) is 20.9.